The van der Waals surface area contributed by atoms with Crippen molar-refractivity contribution in [3.05, 3.63) is 51.9 Å². The lowest BCUT2D eigenvalue weighted by molar-refractivity contribution is -0.383. The van der Waals surface area contributed by atoms with Gasteiger partial charge in [0.1, 0.15) is 5.69 Å². The first-order valence-electron chi connectivity index (χ1n) is 7.22. The Morgan fingerprint density at radius 2 is 2.16 bits per heavy atom. The van der Waals surface area contributed by atoms with E-state index in [1.807, 2.05) is 17.5 Å². The molecule has 1 atom stereocenters. The number of aromatic nitrogens is 3. The summed E-state index contributed by atoms with van der Waals surface area (Å²) in [7, 11) is 0. The molecule has 0 aliphatic carbocycles. The molecular formula is C15H13N5O3S2. The molecule has 1 aromatic carbocycles. The zero-order valence-electron chi connectivity index (χ0n) is 13.0. The topological polar surface area (TPSA) is 114 Å². The third-order valence-corrected chi connectivity index (χ3v) is 5.07. The summed E-state index contributed by atoms with van der Waals surface area (Å²) in [4.78, 5) is 28.1. The van der Waals surface area contributed by atoms with Gasteiger partial charge in [0, 0.05) is 6.07 Å². The van der Waals surface area contributed by atoms with Gasteiger partial charge in [-0.1, -0.05) is 30.0 Å². The number of thioether (sulfide) groups is 1. The van der Waals surface area contributed by atoms with Crippen molar-refractivity contribution < 1.29 is 9.72 Å². The van der Waals surface area contributed by atoms with Crippen molar-refractivity contribution in [1.82, 2.24) is 15.2 Å². The lowest BCUT2D eigenvalue weighted by Gasteiger charge is -2.10. The second-order valence-corrected chi connectivity index (χ2v) is 7.22. The van der Waals surface area contributed by atoms with Crippen molar-refractivity contribution in [2.45, 2.75) is 17.3 Å². The fraction of sp³-hybridized carbons (Fsp3) is 0.133. The number of carbonyl (C=O) groups excluding carboxylic acids is 1. The molecule has 3 aromatic rings. The number of nitro groups is 1. The van der Waals surface area contributed by atoms with Crippen LogP contribution in [0.4, 0.5) is 11.4 Å². The Balaban J connectivity index is 1.66. The Kier molecular flexibility index (Phi) is 5.10. The molecule has 0 unspecified atom stereocenters. The van der Waals surface area contributed by atoms with E-state index in [1.165, 1.54) is 35.2 Å². The van der Waals surface area contributed by atoms with Crippen LogP contribution >= 0.6 is 23.1 Å². The number of para-hydroxylation sites is 2. The second-order valence-electron chi connectivity index (χ2n) is 4.97. The van der Waals surface area contributed by atoms with Crippen molar-refractivity contribution >= 4 is 40.4 Å². The molecule has 0 fully saturated rings. The molecule has 3 rings (SSSR count). The summed E-state index contributed by atoms with van der Waals surface area (Å²) >= 11 is 2.71. The minimum absolute atomic E-state index is 0.147. The van der Waals surface area contributed by atoms with Crippen LogP contribution in [-0.2, 0) is 4.79 Å². The molecule has 2 N–H and O–H groups in total. The third-order valence-electron chi connectivity index (χ3n) is 3.23. The van der Waals surface area contributed by atoms with Gasteiger partial charge in [-0.25, -0.2) is 4.98 Å². The number of hydrogen-bond donors (Lipinski definition) is 2. The van der Waals surface area contributed by atoms with E-state index in [-0.39, 0.29) is 17.3 Å². The number of carbonyl (C=O) groups is 1. The lowest BCUT2D eigenvalue weighted by Crippen LogP contribution is -2.23. The highest BCUT2D eigenvalue weighted by Gasteiger charge is 2.21. The van der Waals surface area contributed by atoms with Crippen molar-refractivity contribution in [2.75, 3.05) is 5.32 Å². The Morgan fingerprint density at radius 3 is 2.88 bits per heavy atom. The van der Waals surface area contributed by atoms with Crippen LogP contribution in [0.3, 0.4) is 0 Å². The average molecular weight is 375 g/mol. The molecule has 25 heavy (non-hydrogen) atoms. The Labute approximate surface area is 150 Å². The van der Waals surface area contributed by atoms with Crippen LogP contribution in [0.5, 0.6) is 0 Å². The first-order chi connectivity index (χ1) is 12.0. The molecule has 10 heteroatoms. The van der Waals surface area contributed by atoms with E-state index in [2.05, 4.69) is 20.5 Å². The fourth-order valence-corrected chi connectivity index (χ4v) is 3.40. The van der Waals surface area contributed by atoms with Gasteiger partial charge in [-0.05, 0) is 24.4 Å². The molecule has 0 aliphatic heterocycles. The molecule has 0 bridgehead atoms. The molecule has 0 saturated heterocycles. The minimum atomic E-state index is -0.532. The number of H-pyrrole nitrogens is 1. The van der Waals surface area contributed by atoms with Crippen molar-refractivity contribution in [3.8, 4) is 10.7 Å². The van der Waals surface area contributed by atoms with Gasteiger partial charge in [0.05, 0.1) is 15.1 Å². The quantitative estimate of drug-likeness (QED) is 0.387. The number of hydrogen-bond acceptors (Lipinski definition) is 7. The van der Waals surface area contributed by atoms with Crippen molar-refractivity contribution in [2.24, 2.45) is 0 Å². The molecule has 0 radical (unpaired) electrons. The number of nitrogens with zero attached hydrogens (tertiary/aromatic N) is 3. The summed E-state index contributed by atoms with van der Waals surface area (Å²) in [6, 6.07) is 9.85. The molecule has 2 aromatic heterocycles. The highest BCUT2D eigenvalue weighted by molar-refractivity contribution is 8.00. The first-order valence-corrected chi connectivity index (χ1v) is 8.97. The van der Waals surface area contributed by atoms with E-state index in [1.54, 1.807) is 19.1 Å². The number of aromatic amines is 1. The summed E-state index contributed by atoms with van der Waals surface area (Å²) in [6.45, 7) is 1.69. The van der Waals surface area contributed by atoms with Gasteiger partial charge >= 0.3 is 0 Å². The molecule has 0 aliphatic rings. The maximum absolute atomic E-state index is 12.3. The van der Waals surface area contributed by atoms with Crippen LogP contribution in [0.25, 0.3) is 10.7 Å². The highest BCUT2D eigenvalue weighted by atomic mass is 32.2. The van der Waals surface area contributed by atoms with Crippen LogP contribution in [-0.4, -0.2) is 31.3 Å². The van der Waals surface area contributed by atoms with Crippen LogP contribution in [0.1, 0.15) is 6.92 Å². The predicted octanol–water partition coefficient (Wildman–Crippen LogP) is 3.56. The van der Waals surface area contributed by atoms with Gasteiger partial charge < -0.3 is 5.32 Å². The zero-order chi connectivity index (χ0) is 17.8. The Bertz CT molecular complexity index is 894. The number of anilines is 1. The van der Waals surface area contributed by atoms with E-state index in [9.17, 15) is 14.9 Å². The molecule has 128 valence electrons. The zero-order valence-corrected chi connectivity index (χ0v) is 14.6. The molecular weight excluding hydrogens is 362 g/mol. The van der Waals surface area contributed by atoms with Crippen molar-refractivity contribution in [3.63, 3.8) is 0 Å². The monoisotopic (exact) mass is 375 g/mol. The largest absolute Gasteiger partial charge is 0.319 e. The number of thiophene rings is 1. The third kappa shape index (κ3) is 4.03. The van der Waals surface area contributed by atoms with E-state index in [0.29, 0.717) is 11.0 Å². The summed E-state index contributed by atoms with van der Waals surface area (Å²) in [5.41, 5.74) is 0.0186. The van der Waals surface area contributed by atoms with Gasteiger partial charge in [-0.3, -0.25) is 20.0 Å². The van der Waals surface area contributed by atoms with E-state index >= 15 is 0 Å². The number of nitrogens with one attached hydrogen (secondary N) is 2. The van der Waals surface area contributed by atoms with Gasteiger partial charge in [0.25, 0.3) is 5.69 Å². The normalized spacial score (nSPS) is 11.9. The van der Waals surface area contributed by atoms with E-state index < -0.39 is 10.2 Å². The molecule has 1 amide bonds. The standard InChI is InChI=1S/C15H13N5O3S2/c1-9(14(21)16-10-5-2-3-6-11(10)20(22)23)25-15-17-13(18-19-15)12-7-4-8-24-12/h2-9H,1H3,(H,16,21)(H,17,18,19)/t9-/m0/s1. The number of rotatable bonds is 6. The number of amides is 1. The summed E-state index contributed by atoms with van der Waals surface area (Å²) in [6.07, 6.45) is 0. The fourth-order valence-electron chi connectivity index (χ4n) is 2.01. The summed E-state index contributed by atoms with van der Waals surface area (Å²) in [5, 5.41) is 22.4. The van der Waals surface area contributed by atoms with Crippen LogP contribution in [0.2, 0.25) is 0 Å². The molecule has 0 spiro atoms. The molecule has 2 heterocycles. The lowest BCUT2D eigenvalue weighted by atomic mass is 10.2. The van der Waals surface area contributed by atoms with Crippen LogP contribution < -0.4 is 5.32 Å². The molecule has 8 nitrogen and oxygen atoms in total. The maximum Gasteiger partial charge on any atom is 0.292 e. The minimum Gasteiger partial charge on any atom is -0.319 e. The van der Waals surface area contributed by atoms with E-state index in [4.69, 9.17) is 0 Å². The van der Waals surface area contributed by atoms with E-state index in [0.717, 1.165) is 4.88 Å². The summed E-state index contributed by atoms with van der Waals surface area (Å²) < 4.78 is 0. The highest BCUT2D eigenvalue weighted by Crippen LogP contribution is 2.27. The van der Waals surface area contributed by atoms with Crippen molar-refractivity contribution in [1.29, 1.82) is 0 Å². The number of benzene rings is 1. The average Bonchev–Trinajstić information content (AvgIpc) is 3.26. The van der Waals surface area contributed by atoms with Gasteiger partial charge in [-0.2, -0.15) is 0 Å². The van der Waals surface area contributed by atoms with Gasteiger partial charge in [0.15, 0.2) is 5.82 Å². The van der Waals surface area contributed by atoms with Crippen LogP contribution in [0, 0.1) is 10.1 Å². The Morgan fingerprint density at radius 1 is 1.36 bits per heavy atom. The first kappa shape index (κ1) is 17.1. The van der Waals surface area contributed by atoms with Gasteiger partial charge in [0.2, 0.25) is 11.1 Å². The van der Waals surface area contributed by atoms with Gasteiger partial charge in [-0.15, -0.1) is 16.4 Å². The predicted molar refractivity (Wildman–Crippen MR) is 96.7 cm³/mol. The SMILES string of the molecule is C[C@H](Sc1n[nH]c(-c2cccs2)n1)C(=O)Nc1ccccc1[N+](=O)[O-]. The van der Waals surface area contributed by atoms with Crippen LogP contribution in [0.15, 0.2) is 46.9 Å². The smallest absolute Gasteiger partial charge is 0.292 e. The maximum atomic E-state index is 12.3. The Hall–Kier alpha value is -2.72. The molecule has 0 saturated carbocycles. The number of nitro benzene ring substituents is 1. The second kappa shape index (κ2) is 7.45. The summed E-state index contributed by atoms with van der Waals surface area (Å²) in [5.74, 6) is 0.283.